The highest BCUT2D eigenvalue weighted by molar-refractivity contribution is 5.84. The zero-order chi connectivity index (χ0) is 21.3. The molecule has 154 valence electrons. The molecule has 0 fully saturated rings. The highest BCUT2D eigenvalue weighted by Gasteiger charge is 2.38. The molecule has 2 aromatic rings. The molecule has 2 rings (SSSR count). The van der Waals surface area contributed by atoms with Gasteiger partial charge in [0.05, 0.1) is 0 Å². The lowest BCUT2D eigenvalue weighted by Crippen LogP contribution is -2.46. The molecule has 1 atom stereocenters. The Labute approximate surface area is 171 Å². The van der Waals surface area contributed by atoms with E-state index in [4.69, 9.17) is 0 Å². The van der Waals surface area contributed by atoms with Crippen molar-refractivity contribution in [2.45, 2.75) is 38.6 Å². The second-order valence-electron chi connectivity index (χ2n) is 7.06. The van der Waals surface area contributed by atoms with E-state index in [1.54, 1.807) is 36.1 Å². The molecule has 0 aliphatic rings. The first-order valence-electron chi connectivity index (χ1n) is 9.74. The van der Waals surface area contributed by atoms with Crippen molar-refractivity contribution >= 4 is 17.8 Å². The fourth-order valence-electron chi connectivity index (χ4n) is 3.26. The third-order valence-corrected chi connectivity index (χ3v) is 5.20. The Morgan fingerprint density at radius 2 is 1.59 bits per heavy atom. The van der Waals surface area contributed by atoms with Crippen LogP contribution in [0.1, 0.15) is 37.8 Å². The van der Waals surface area contributed by atoms with Crippen LogP contribution in [0.25, 0.3) is 0 Å². The summed E-state index contributed by atoms with van der Waals surface area (Å²) in [4.78, 5) is 37.9. The monoisotopic (exact) mass is 396 g/mol. The van der Waals surface area contributed by atoms with E-state index >= 15 is 0 Å². The van der Waals surface area contributed by atoms with Gasteiger partial charge in [0.15, 0.2) is 0 Å². The summed E-state index contributed by atoms with van der Waals surface area (Å²) < 4.78 is 0. The van der Waals surface area contributed by atoms with E-state index in [2.05, 4.69) is 5.32 Å². The average molecular weight is 396 g/mol. The molecule has 0 aliphatic carbocycles. The molecule has 6 heteroatoms. The summed E-state index contributed by atoms with van der Waals surface area (Å²) >= 11 is 0. The van der Waals surface area contributed by atoms with E-state index in [1.165, 1.54) is 6.92 Å². The number of carbonyl (C=O) groups is 3. The summed E-state index contributed by atoms with van der Waals surface area (Å²) in [6, 6.07) is 18.5. The maximum absolute atomic E-state index is 12.4. The second kappa shape index (κ2) is 10.4. The molecule has 29 heavy (non-hydrogen) atoms. The number of carboxylic acids is 1. The van der Waals surface area contributed by atoms with Gasteiger partial charge in [-0.05, 0) is 17.5 Å². The minimum absolute atomic E-state index is 0.000433. The van der Waals surface area contributed by atoms with E-state index in [9.17, 15) is 19.5 Å². The van der Waals surface area contributed by atoms with Crippen LogP contribution in [0, 0.1) is 0 Å². The summed E-state index contributed by atoms with van der Waals surface area (Å²) in [6.07, 6.45) is 0.459. The number of rotatable bonds is 10. The van der Waals surface area contributed by atoms with Gasteiger partial charge in [-0.15, -0.1) is 0 Å². The van der Waals surface area contributed by atoms with Crippen LogP contribution in [0.15, 0.2) is 60.7 Å². The lowest BCUT2D eigenvalue weighted by atomic mass is 9.78. The van der Waals surface area contributed by atoms with Crippen LogP contribution < -0.4 is 5.32 Å². The lowest BCUT2D eigenvalue weighted by molar-refractivity contribution is -0.144. The van der Waals surface area contributed by atoms with Crippen LogP contribution in [-0.4, -0.2) is 40.9 Å². The minimum atomic E-state index is -1.18. The molecular formula is C23H28N2O4. The first kappa shape index (κ1) is 22.1. The number of hydrogen-bond acceptors (Lipinski definition) is 3. The molecule has 2 aromatic carbocycles. The van der Waals surface area contributed by atoms with Gasteiger partial charge in [0.25, 0.3) is 0 Å². The molecule has 6 nitrogen and oxygen atoms in total. The van der Waals surface area contributed by atoms with Crippen LogP contribution in [0.5, 0.6) is 0 Å². The molecule has 0 aliphatic heterocycles. The van der Waals surface area contributed by atoms with Crippen molar-refractivity contribution in [3.63, 3.8) is 0 Å². The van der Waals surface area contributed by atoms with Crippen LogP contribution in [-0.2, 0) is 26.3 Å². The molecule has 2 amide bonds. The molecular weight excluding hydrogens is 368 g/mol. The van der Waals surface area contributed by atoms with E-state index < -0.39 is 11.4 Å². The number of nitrogens with zero attached hydrogens (tertiary/aromatic N) is 1. The van der Waals surface area contributed by atoms with Crippen molar-refractivity contribution in [2.75, 3.05) is 13.1 Å². The molecule has 0 heterocycles. The van der Waals surface area contributed by atoms with Crippen molar-refractivity contribution < 1.29 is 19.5 Å². The second-order valence-corrected chi connectivity index (χ2v) is 7.06. The van der Waals surface area contributed by atoms with Gasteiger partial charge < -0.3 is 15.3 Å². The quantitative estimate of drug-likeness (QED) is 0.646. The van der Waals surface area contributed by atoms with Crippen molar-refractivity contribution in [3.8, 4) is 0 Å². The summed E-state index contributed by atoms with van der Waals surface area (Å²) in [5.74, 6) is -1.36. The van der Waals surface area contributed by atoms with Crippen LogP contribution in [0.4, 0.5) is 0 Å². The third kappa shape index (κ3) is 5.91. The maximum atomic E-state index is 12.4. The number of carbonyl (C=O) groups excluding carboxylic acids is 2. The van der Waals surface area contributed by atoms with Crippen molar-refractivity contribution in [2.24, 2.45) is 0 Å². The van der Waals surface area contributed by atoms with E-state index in [-0.39, 0.29) is 31.3 Å². The number of carboxylic acid groups (broad SMARTS) is 1. The number of aliphatic carboxylic acids is 1. The largest absolute Gasteiger partial charge is 0.481 e. The fraction of sp³-hybridized carbons (Fsp3) is 0.348. The Hall–Kier alpha value is -3.15. The van der Waals surface area contributed by atoms with Crippen molar-refractivity contribution in [1.82, 2.24) is 10.2 Å². The van der Waals surface area contributed by atoms with Gasteiger partial charge in [-0.25, -0.2) is 0 Å². The summed E-state index contributed by atoms with van der Waals surface area (Å²) in [5, 5.41) is 12.6. The van der Waals surface area contributed by atoms with Gasteiger partial charge in [0.1, 0.15) is 5.41 Å². The average Bonchev–Trinajstić information content (AvgIpc) is 2.73. The lowest BCUT2D eigenvalue weighted by Gasteiger charge is -2.29. The van der Waals surface area contributed by atoms with Gasteiger partial charge in [0.2, 0.25) is 11.8 Å². The topological polar surface area (TPSA) is 86.7 Å². The van der Waals surface area contributed by atoms with Crippen LogP contribution >= 0.6 is 0 Å². The van der Waals surface area contributed by atoms with E-state index in [0.717, 1.165) is 5.56 Å². The summed E-state index contributed by atoms with van der Waals surface area (Å²) in [5.41, 5.74) is 0.467. The SMILES string of the molecule is CCC(CNC(=O)CCN(Cc1ccccc1)C(C)=O)(C(=O)O)c1ccccc1. The predicted molar refractivity (Wildman–Crippen MR) is 111 cm³/mol. The number of amides is 2. The number of nitrogens with one attached hydrogen (secondary N) is 1. The third-order valence-electron chi connectivity index (χ3n) is 5.20. The fourth-order valence-corrected chi connectivity index (χ4v) is 3.26. The highest BCUT2D eigenvalue weighted by atomic mass is 16.4. The van der Waals surface area contributed by atoms with Crippen molar-refractivity contribution in [1.29, 1.82) is 0 Å². The normalized spacial score (nSPS) is 12.6. The van der Waals surface area contributed by atoms with Gasteiger partial charge in [-0.1, -0.05) is 67.6 Å². The molecule has 0 aromatic heterocycles. The Morgan fingerprint density at radius 1 is 1.00 bits per heavy atom. The van der Waals surface area contributed by atoms with Gasteiger partial charge in [0, 0.05) is 33.0 Å². The minimum Gasteiger partial charge on any atom is -0.481 e. The maximum Gasteiger partial charge on any atom is 0.315 e. The van der Waals surface area contributed by atoms with Gasteiger partial charge in [-0.2, -0.15) is 0 Å². The number of hydrogen-bond donors (Lipinski definition) is 2. The van der Waals surface area contributed by atoms with Crippen molar-refractivity contribution in [3.05, 3.63) is 71.8 Å². The predicted octanol–water partition coefficient (Wildman–Crippen LogP) is 2.97. The highest BCUT2D eigenvalue weighted by Crippen LogP contribution is 2.27. The van der Waals surface area contributed by atoms with Crippen LogP contribution in [0.3, 0.4) is 0 Å². The van der Waals surface area contributed by atoms with E-state index in [0.29, 0.717) is 18.5 Å². The van der Waals surface area contributed by atoms with E-state index in [1.807, 2.05) is 36.4 Å². The van der Waals surface area contributed by atoms with Crippen LogP contribution in [0.2, 0.25) is 0 Å². The first-order chi connectivity index (χ1) is 13.9. The molecule has 2 N–H and O–H groups in total. The number of benzene rings is 2. The molecule has 0 saturated heterocycles. The first-order valence-corrected chi connectivity index (χ1v) is 9.74. The molecule has 1 unspecified atom stereocenters. The Balaban J connectivity index is 1.98. The zero-order valence-electron chi connectivity index (χ0n) is 16.9. The Morgan fingerprint density at radius 3 is 2.10 bits per heavy atom. The molecule has 0 saturated carbocycles. The standard InChI is InChI=1S/C23H28N2O4/c1-3-23(22(28)29,20-12-8-5-9-13-20)17-24-21(27)14-15-25(18(2)26)16-19-10-6-4-7-11-19/h4-13H,3,14-17H2,1-2H3,(H,24,27)(H,28,29). The molecule has 0 radical (unpaired) electrons. The summed E-state index contributed by atoms with van der Waals surface area (Å²) in [6.45, 7) is 3.98. The zero-order valence-corrected chi connectivity index (χ0v) is 16.9. The smallest absolute Gasteiger partial charge is 0.315 e. The van der Waals surface area contributed by atoms with Gasteiger partial charge in [-0.3, -0.25) is 14.4 Å². The molecule has 0 bridgehead atoms. The van der Waals surface area contributed by atoms with Gasteiger partial charge >= 0.3 is 5.97 Å². The summed E-state index contributed by atoms with van der Waals surface area (Å²) in [7, 11) is 0. The Kier molecular flexibility index (Phi) is 7.95. The molecule has 0 spiro atoms. The Bertz CT molecular complexity index is 823.